The van der Waals surface area contributed by atoms with Crippen LogP contribution in [0.3, 0.4) is 0 Å². The molecule has 2 rings (SSSR count). The summed E-state index contributed by atoms with van der Waals surface area (Å²) in [5.74, 6) is 0. The van der Waals surface area contributed by atoms with Gasteiger partial charge >= 0.3 is 0 Å². The number of benzene rings is 2. The van der Waals surface area contributed by atoms with Crippen molar-refractivity contribution in [3.8, 4) is 0 Å². The quantitative estimate of drug-likeness (QED) is 0.740. The molecule has 2 aromatic carbocycles. The molecular weight excluding hydrogens is 256 g/mol. The highest BCUT2D eigenvalue weighted by Gasteiger charge is 2.04. The summed E-state index contributed by atoms with van der Waals surface area (Å²) in [6, 6.07) is 21.7. The molecule has 112 valence electrons. The molecule has 2 nitrogen and oxygen atoms in total. The largest absolute Gasteiger partial charge is 0.310 e. The van der Waals surface area contributed by atoms with Crippen LogP contribution in [-0.2, 0) is 6.54 Å². The molecule has 0 aliphatic rings. The van der Waals surface area contributed by atoms with E-state index in [9.17, 15) is 0 Å². The van der Waals surface area contributed by atoms with Gasteiger partial charge in [0.1, 0.15) is 0 Å². The molecule has 0 bridgehead atoms. The van der Waals surface area contributed by atoms with Crippen molar-refractivity contribution < 1.29 is 0 Å². The maximum atomic E-state index is 3.59. The van der Waals surface area contributed by atoms with E-state index in [0.29, 0.717) is 6.04 Å². The molecule has 0 heterocycles. The van der Waals surface area contributed by atoms with Crippen LogP contribution in [0.1, 0.15) is 30.5 Å². The average Bonchev–Trinajstić information content (AvgIpc) is 2.53. The minimum atomic E-state index is 0.422. The van der Waals surface area contributed by atoms with Crippen molar-refractivity contribution in [3.63, 3.8) is 0 Å². The van der Waals surface area contributed by atoms with Gasteiger partial charge in [0.15, 0.2) is 0 Å². The molecule has 2 heteroatoms. The highest BCUT2D eigenvalue weighted by molar-refractivity contribution is 5.18. The molecule has 0 saturated carbocycles. The zero-order valence-corrected chi connectivity index (χ0v) is 13.1. The van der Waals surface area contributed by atoms with Crippen molar-refractivity contribution in [1.82, 2.24) is 10.2 Å². The van der Waals surface area contributed by atoms with Crippen LogP contribution in [0.15, 0.2) is 60.7 Å². The summed E-state index contributed by atoms with van der Waals surface area (Å²) in [5, 5.41) is 3.59. The second kappa shape index (κ2) is 8.60. The summed E-state index contributed by atoms with van der Waals surface area (Å²) in [6.07, 6.45) is 1.17. The monoisotopic (exact) mass is 282 g/mol. The second-order valence-electron chi connectivity index (χ2n) is 5.66. The molecule has 1 N–H and O–H groups in total. The number of hydrogen-bond donors (Lipinski definition) is 1. The Morgan fingerprint density at radius 1 is 0.952 bits per heavy atom. The third kappa shape index (κ3) is 5.70. The van der Waals surface area contributed by atoms with Gasteiger partial charge in [-0.05, 0) is 44.6 Å². The van der Waals surface area contributed by atoms with Crippen LogP contribution in [-0.4, -0.2) is 25.0 Å². The van der Waals surface area contributed by atoms with Crippen molar-refractivity contribution in [2.45, 2.75) is 25.9 Å². The van der Waals surface area contributed by atoms with E-state index in [1.807, 2.05) is 0 Å². The molecule has 0 amide bonds. The Kier molecular flexibility index (Phi) is 6.45. The first kappa shape index (κ1) is 15.7. The SMILES string of the molecule is CC(NCCCN(C)Cc1ccccc1)c1ccccc1. The van der Waals surface area contributed by atoms with Crippen LogP contribution < -0.4 is 5.32 Å². The van der Waals surface area contributed by atoms with Gasteiger partial charge in [0.05, 0.1) is 0 Å². The molecule has 0 saturated heterocycles. The van der Waals surface area contributed by atoms with Crippen LogP contribution in [0.25, 0.3) is 0 Å². The molecule has 21 heavy (non-hydrogen) atoms. The van der Waals surface area contributed by atoms with E-state index < -0.39 is 0 Å². The molecule has 1 atom stereocenters. The zero-order chi connectivity index (χ0) is 14.9. The van der Waals surface area contributed by atoms with Crippen LogP contribution in [0.5, 0.6) is 0 Å². The fourth-order valence-electron chi connectivity index (χ4n) is 2.50. The minimum absolute atomic E-state index is 0.422. The number of hydrogen-bond acceptors (Lipinski definition) is 2. The van der Waals surface area contributed by atoms with Gasteiger partial charge in [-0.15, -0.1) is 0 Å². The fraction of sp³-hybridized carbons (Fsp3) is 0.368. The van der Waals surface area contributed by atoms with Crippen LogP contribution in [0.2, 0.25) is 0 Å². The van der Waals surface area contributed by atoms with Gasteiger partial charge in [-0.1, -0.05) is 60.7 Å². The normalized spacial score (nSPS) is 12.5. The predicted molar refractivity (Wildman–Crippen MR) is 90.3 cm³/mol. The zero-order valence-electron chi connectivity index (χ0n) is 13.1. The topological polar surface area (TPSA) is 15.3 Å². The van der Waals surface area contributed by atoms with E-state index in [1.54, 1.807) is 0 Å². The smallest absolute Gasteiger partial charge is 0.0291 e. The predicted octanol–water partition coefficient (Wildman–Crippen LogP) is 3.86. The van der Waals surface area contributed by atoms with Crippen LogP contribution in [0.4, 0.5) is 0 Å². The van der Waals surface area contributed by atoms with E-state index in [4.69, 9.17) is 0 Å². The summed E-state index contributed by atoms with van der Waals surface area (Å²) >= 11 is 0. The van der Waals surface area contributed by atoms with E-state index >= 15 is 0 Å². The van der Waals surface area contributed by atoms with Gasteiger partial charge in [-0.3, -0.25) is 0 Å². The lowest BCUT2D eigenvalue weighted by Gasteiger charge is -2.18. The van der Waals surface area contributed by atoms with Crippen molar-refractivity contribution in [2.75, 3.05) is 20.1 Å². The molecule has 0 aliphatic heterocycles. The Balaban J connectivity index is 1.63. The summed E-state index contributed by atoms with van der Waals surface area (Å²) < 4.78 is 0. The molecule has 0 aromatic heterocycles. The first-order valence-electron chi connectivity index (χ1n) is 7.76. The van der Waals surface area contributed by atoms with Crippen LogP contribution in [0, 0.1) is 0 Å². The summed E-state index contributed by atoms with van der Waals surface area (Å²) in [4.78, 5) is 2.38. The standard InChI is InChI=1S/C19H26N2/c1-17(19-12-7-4-8-13-19)20-14-9-15-21(2)16-18-10-5-3-6-11-18/h3-8,10-13,17,20H,9,14-16H2,1-2H3. The first-order valence-corrected chi connectivity index (χ1v) is 7.76. The van der Waals surface area contributed by atoms with E-state index in [0.717, 1.165) is 19.6 Å². The fourth-order valence-corrected chi connectivity index (χ4v) is 2.50. The molecular formula is C19H26N2. The molecule has 0 aliphatic carbocycles. The summed E-state index contributed by atoms with van der Waals surface area (Å²) in [5.41, 5.74) is 2.74. The van der Waals surface area contributed by atoms with Gasteiger partial charge in [0.25, 0.3) is 0 Å². The third-order valence-electron chi connectivity index (χ3n) is 3.76. The molecule has 1 unspecified atom stereocenters. The molecule has 0 fully saturated rings. The lowest BCUT2D eigenvalue weighted by atomic mass is 10.1. The van der Waals surface area contributed by atoms with E-state index in [1.165, 1.54) is 17.5 Å². The lowest BCUT2D eigenvalue weighted by Crippen LogP contribution is -2.25. The second-order valence-corrected chi connectivity index (χ2v) is 5.66. The van der Waals surface area contributed by atoms with Crippen molar-refractivity contribution in [2.24, 2.45) is 0 Å². The Morgan fingerprint density at radius 3 is 2.24 bits per heavy atom. The van der Waals surface area contributed by atoms with Gasteiger partial charge < -0.3 is 10.2 Å². The summed E-state index contributed by atoms with van der Waals surface area (Å²) in [7, 11) is 2.19. The molecule has 2 aromatic rings. The first-order chi connectivity index (χ1) is 10.3. The van der Waals surface area contributed by atoms with Gasteiger partial charge in [-0.2, -0.15) is 0 Å². The summed E-state index contributed by atoms with van der Waals surface area (Å²) in [6.45, 7) is 5.41. The van der Waals surface area contributed by atoms with Gasteiger partial charge in [0, 0.05) is 12.6 Å². The van der Waals surface area contributed by atoms with E-state index in [2.05, 4.69) is 84.9 Å². The minimum Gasteiger partial charge on any atom is -0.310 e. The highest BCUT2D eigenvalue weighted by Crippen LogP contribution is 2.10. The maximum Gasteiger partial charge on any atom is 0.0291 e. The Morgan fingerprint density at radius 2 is 1.57 bits per heavy atom. The Labute approximate surface area is 128 Å². The Bertz CT molecular complexity index is 495. The van der Waals surface area contributed by atoms with E-state index in [-0.39, 0.29) is 0 Å². The molecule has 0 spiro atoms. The van der Waals surface area contributed by atoms with Crippen LogP contribution >= 0.6 is 0 Å². The number of nitrogens with zero attached hydrogens (tertiary/aromatic N) is 1. The maximum absolute atomic E-state index is 3.59. The number of nitrogens with one attached hydrogen (secondary N) is 1. The lowest BCUT2D eigenvalue weighted by molar-refractivity contribution is 0.317. The van der Waals surface area contributed by atoms with Gasteiger partial charge in [-0.25, -0.2) is 0 Å². The Hall–Kier alpha value is -1.64. The van der Waals surface area contributed by atoms with Crippen molar-refractivity contribution in [3.05, 3.63) is 71.8 Å². The van der Waals surface area contributed by atoms with Crippen molar-refractivity contribution in [1.29, 1.82) is 0 Å². The number of rotatable bonds is 8. The third-order valence-corrected chi connectivity index (χ3v) is 3.76. The molecule has 0 radical (unpaired) electrons. The van der Waals surface area contributed by atoms with Gasteiger partial charge in [0.2, 0.25) is 0 Å². The average molecular weight is 282 g/mol. The highest BCUT2D eigenvalue weighted by atomic mass is 15.1. The van der Waals surface area contributed by atoms with Crippen molar-refractivity contribution >= 4 is 0 Å².